The second kappa shape index (κ2) is 12.3. The molecule has 3 rings (SSSR count). The number of hydrogen-bond donors (Lipinski definition) is 1. The Morgan fingerprint density at radius 3 is 2.33 bits per heavy atom. The van der Waals surface area contributed by atoms with Gasteiger partial charge in [-0.15, -0.1) is 21.9 Å². The molecular weight excluding hydrogens is 492 g/mol. The molecular formula is C19H17Cl4N3O3S. The van der Waals surface area contributed by atoms with Crippen LogP contribution in [0, 0.1) is 10.1 Å². The Morgan fingerprint density at radius 2 is 1.73 bits per heavy atom. The van der Waals surface area contributed by atoms with Crippen LogP contribution < -0.4 is 0 Å². The van der Waals surface area contributed by atoms with Crippen LogP contribution in [0.2, 0.25) is 20.1 Å². The van der Waals surface area contributed by atoms with Gasteiger partial charge in [-0.1, -0.05) is 58.5 Å². The minimum Gasteiger partial charge on any atom is -0.336 e. The number of halogens is 4. The maximum Gasteiger partial charge on any atom is 0.291 e. The van der Waals surface area contributed by atoms with Crippen LogP contribution in [0.3, 0.4) is 0 Å². The molecule has 0 bridgehead atoms. The van der Waals surface area contributed by atoms with Gasteiger partial charge in [-0.2, -0.15) is 0 Å². The third-order valence-corrected chi connectivity index (χ3v) is 6.90. The first-order valence-electron chi connectivity index (χ1n) is 8.60. The summed E-state index contributed by atoms with van der Waals surface area (Å²) in [6.07, 6.45) is 7.43. The predicted octanol–water partition coefficient (Wildman–Crippen LogP) is 6.94. The van der Waals surface area contributed by atoms with Gasteiger partial charge in [0.25, 0.3) is 5.09 Å². The Morgan fingerprint density at radius 1 is 1.10 bits per heavy atom. The van der Waals surface area contributed by atoms with Crippen molar-refractivity contribution in [2.24, 2.45) is 0 Å². The van der Waals surface area contributed by atoms with Crippen molar-refractivity contribution in [3.63, 3.8) is 0 Å². The highest BCUT2D eigenvalue weighted by Gasteiger charge is 2.18. The highest BCUT2D eigenvalue weighted by Crippen LogP contribution is 2.41. The van der Waals surface area contributed by atoms with Crippen molar-refractivity contribution < 1.29 is 10.3 Å². The van der Waals surface area contributed by atoms with Crippen molar-refractivity contribution in [3.8, 4) is 0 Å². The minimum absolute atomic E-state index is 0.258. The van der Waals surface area contributed by atoms with E-state index < -0.39 is 5.09 Å². The molecule has 1 heterocycles. The molecule has 3 aromatic rings. The summed E-state index contributed by atoms with van der Waals surface area (Å²) in [5.41, 5.74) is 1.24. The summed E-state index contributed by atoms with van der Waals surface area (Å²) in [6.45, 7) is 0.803. The monoisotopic (exact) mass is 507 g/mol. The molecule has 6 nitrogen and oxygen atoms in total. The number of imidazole rings is 1. The zero-order chi connectivity index (χ0) is 22.1. The fraction of sp³-hybridized carbons (Fsp3) is 0.211. The molecule has 0 saturated heterocycles. The van der Waals surface area contributed by atoms with Gasteiger partial charge in [0.15, 0.2) is 0 Å². The number of benzene rings is 2. The second-order valence-electron chi connectivity index (χ2n) is 6.07. The molecule has 1 N–H and O–H groups in total. The topological polar surface area (TPSA) is 81.2 Å². The molecule has 0 aliphatic heterocycles. The van der Waals surface area contributed by atoms with Gasteiger partial charge in [0.2, 0.25) is 0 Å². The van der Waals surface area contributed by atoms with Crippen molar-refractivity contribution in [1.29, 1.82) is 0 Å². The van der Waals surface area contributed by atoms with Crippen LogP contribution in [0.5, 0.6) is 0 Å². The van der Waals surface area contributed by atoms with Crippen molar-refractivity contribution in [1.82, 2.24) is 9.55 Å². The van der Waals surface area contributed by atoms with Crippen molar-refractivity contribution in [2.75, 3.05) is 0 Å². The lowest BCUT2D eigenvalue weighted by Gasteiger charge is -2.19. The van der Waals surface area contributed by atoms with Crippen LogP contribution in [-0.4, -0.2) is 25.1 Å². The first-order chi connectivity index (χ1) is 14.3. The molecule has 11 heteroatoms. The number of rotatable bonds is 7. The molecule has 0 amide bonds. The highest BCUT2D eigenvalue weighted by atomic mass is 35.5. The zero-order valence-corrected chi connectivity index (χ0v) is 19.3. The smallest absolute Gasteiger partial charge is 0.291 e. The van der Waals surface area contributed by atoms with Gasteiger partial charge in [-0.25, -0.2) is 4.98 Å². The molecule has 1 unspecified atom stereocenters. The summed E-state index contributed by atoms with van der Waals surface area (Å²) in [4.78, 5) is 13.3. The molecule has 0 aliphatic carbocycles. The summed E-state index contributed by atoms with van der Waals surface area (Å²) in [7, 11) is 0. The van der Waals surface area contributed by atoms with Crippen LogP contribution in [-0.2, 0) is 13.0 Å². The van der Waals surface area contributed by atoms with Crippen LogP contribution >= 0.6 is 58.2 Å². The molecule has 1 atom stereocenters. The minimum atomic E-state index is -1.50. The van der Waals surface area contributed by atoms with Crippen molar-refractivity contribution in [2.45, 2.75) is 29.5 Å². The molecule has 0 saturated carbocycles. The Kier molecular flexibility index (Phi) is 10.1. The van der Waals surface area contributed by atoms with Gasteiger partial charge in [-0.05, 0) is 42.7 Å². The summed E-state index contributed by atoms with van der Waals surface area (Å²) in [6, 6.07) is 11.4. The van der Waals surface area contributed by atoms with Crippen LogP contribution in [0.1, 0.15) is 12.0 Å². The molecule has 1 aromatic heterocycles. The maximum atomic E-state index is 8.36. The fourth-order valence-electron chi connectivity index (χ4n) is 2.58. The Hall–Kier alpha value is -1.64. The molecule has 2 aromatic carbocycles. The predicted molar refractivity (Wildman–Crippen MR) is 122 cm³/mol. The summed E-state index contributed by atoms with van der Waals surface area (Å²) in [5.74, 6) is 0. The largest absolute Gasteiger partial charge is 0.336 e. The lowest BCUT2D eigenvalue weighted by atomic mass is 10.1. The van der Waals surface area contributed by atoms with Gasteiger partial charge in [0.05, 0.1) is 21.4 Å². The van der Waals surface area contributed by atoms with E-state index in [0.717, 1.165) is 29.3 Å². The number of thioether (sulfide) groups is 1. The first-order valence-corrected chi connectivity index (χ1v) is 11.0. The SMILES string of the molecule is Clc1ccc(CCC(Cn2ccnc2)Sc2c(Cl)ccc(Cl)c2Cl)cc1.O=[N+]([O-])O. The number of nitrogens with zero attached hydrogens (tertiary/aromatic N) is 3. The highest BCUT2D eigenvalue weighted by molar-refractivity contribution is 8.00. The second-order valence-corrected chi connectivity index (χ2v) is 9.01. The summed E-state index contributed by atoms with van der Waals surface area (Å²) >= 11 is 26.5. The Labute approximate surface area is 197 Å². The van der Waals surface area contributed by atoms with E-state index in [1.807, 2.05) is 24.7 Å². The molecule has 0 radical (unpaired) electrons. The number of aryl methyl sites for hydroxylation is 1. The molecule has 0 fully saturated rings. The molecule has 160 valence electrons. The van der Waals surface area contributed by atoms with E-state index in [1.54, 1.807) is 30.1 Å². The quantitative estimate of drug-likeness (QED) is 0.162. The van der Waals surface area contributed by atoms with Gasteiger partial charge < -0.3 is 9.77 Å². The Balaban J connectivity index is 0.000000735. The number of hydrogen-bond acceptors (Lipinski definition) is 4. The average Bonchev–Trinajstić information content (AvgIpc) is 3.20. The van der Waals surface area contributed by atoms with Gasteiger partial charge in [0, 0.05) is 34.1 Å². The standard InChI is InChI=1S/C19H16Cl4N2S.HNO3/c20-14-4-1-13(2-5-14)3-6-15(11-25-10-9-24-12-25)26-19-17(22)8-7-16(21)18(19)23;2-1(3)4/h1-2,4-5,7-10,12,15H,3,6,11H2;(H,2,3,4). The van der Waals surface area contributed by atoms with E-state index in [9.17, 15) is 0 Å². The van der Waals surface area contributed by atoms with Crippen LogP contribution in [0.25, 0.3) is 0 Å². The fourth-order valence-corrected chi connectivity index (χ4v) is 4.77. The van der Waals surface area contributed by atoms with E-state index in [2.05, 4.69) is 21.7 Å². The van der Waals surface area contributed by atoms with E-state index >= 15 is 0 Å². The molecule has 0 spiro atoms. The van der Waals surface area contributed by atoms with Crippen molar-refractivity contribution >= 4 is 58.2 Å². The average molecular weight is 509 g/mol. The lowest BCUT2D eigenvalue weighted by Crippen LogP contribution is -2.13. The van der Waals surface area contributed by atoms with Gasteiger partial charge in [0.1, 0.15) is 0 Å². The zero-order valence-electron chi connectivity index (χ0n) is 15.4. The van der Waals surface area contributed by atoms with E-state index in [4.69, 9.17) is 61.7 Å². The molecule has 0 aliphatic rings. The number of aromatic nitrogens is 2. The van der Waals surface area contributed by atoms with Crippen LogP contribution in [0.4, 0.5) is 0 Å². The normalized spacial score (nSPS) is 11.5. The van der Waals surface area contributed by atoms with Gasteiger partial charge in [-0.3, -0.25) is 0 Å². The third-order valence-electron chi connectivity index (χ3n) is 3.93. The van der Waals surface area contributed by atoms with Crippen molar-refractivity contribution in [3.05, 3.63) is 90.9 Å². The maximum absolute atomic E-state index is 8.36. The summed E-state index contributed by atoms with van der Waals surface area (Å²) < 4.78 is 2.06. The third kappa shape index (κ3) is 8.24. The van der Waals surface area contributed by atoms with E-state index in [-0.39, 0.29) is 5.25 Å². The first kappa shape index (κ1) is 24.6. The molecule has 30 heavy (non-hydrogen) atoms. The van der Waals surface area contributed by atoms with E-state index in [0.29, 0.717) is 15.1 Å². The van der Waals surface area contributed by atoms with Crippen LogP contribution in [0.15, 0.2) is 60.0 Å². The Bertz CT molecular complexity index is 952. The van der Waals surface area contributed by atoms with Gasteiger partial charge >= 0.3 is 0 Å². The summed E-state index contributed by atoms with van der Waals surface area (Å²) in [5, 5.41) is 16.3. The van der Waals surface area contributed by atoms with E-state index in [1.165, 1.54) is 5.56 Å². The lowest BCUT2D eigenvalue weighted by molar-refractivity contribution is -0.742.